The normalized spacial score (nSPS) is 14.2. The second kappa shape index (κ2) is 35.1. The van der Waals surface area contributed by atoms with Gasteiger partial charge in [-0.1, -0.05) is 250 Å². The van der Waals surface area contributed by atoms with E-state index in [9.17, 15) is 0 Å². The third kappa shape index (κ3) is 21.7. The Morgan fingerprint density at radius 1 is 0.294 bits per heavy atom. The smallest absolute Gasteiger partial charge is 0.200 e. The molecule has 119 heavy (non-hydrogen) atoms. The third-order valence-electron chi connectivity index (χ3n) is 26.1. The zero-order valence-electron chi connectivity index (χ0n) is 81.9. The number of pyridine rings is 4. The number of aryl methyl sites for hydroxylation is 6. The van der Waals surface area contributed by atoms with E-state index in [1.807, 2.05) is 17.7 Å². The van der Waals surface area contributed by atoms with Crippen LogP contribution in [0.15, 0.2) is 158 Å². The number of hydrogen-bond donors (Lipinski definition) is 0. The summed E-state index contributed by atoms with van der Waals surface area (Å²) in [6, 6.07) is 58.8. The van der Waals surface area contributed by atoms with Crippen LogP contribution in [0.25, 0.3) is 88.1 Å². The lowest BCUT2D eigenvalue weighted by atomic mass is 9.76. The van der Waals surface area contributed by atoms with Crippen molar-refractivity contribution >= 4 is 43.1 Å². The van der Waals surface area contributed by atoms with Crippen molar-refractivity contribution in [3.8, 4) is 45.0 Å². The van der Waals surface area contributed by atoms with Crippen LogP contribution in [-0.2, 0) is 70.1 Å². The van der Waals surface area contributed by atoms with Gasteiger partial charge >= 0.3 is 0 Å². The van der Waals surface area contributed by atoms with Gasteiger partial charge in [0.2, 0.25) is 22.8 Å². The Morgan fingerprint density at radius 2 is 0.622 bits per heavy atom. The molecule has 630 valence electrons. The van der Waals surface area contributed by atoms with E-state index >= 15 is 0 Å². The summed E-state index contributed by atoms with van der Waals surface area (Å²) < 4.78 is 17.9. The molecule has 2 fully saturated rings. The Labute approximate surface area is 724 Å². The average molecular weight is 1590 g/mol. The van der Waals surface area contributed by atoms with Gasteiger partial charge in [0.25, 0.3) is 0 Å². The molecule has 4 nitrogen and oxygen atoms in total. The first-order valence-electron chi connectivity index (χ1n) is 45.8. The predicted octanol–water partition coefficient (Wildman–Crippen LogP) is 29.7. The monoisotopic (exact) mass is 1590 g/mol. The topological polar surface area (TPSA) is 15.5 Å². The fraction of sp³-hybridized carbons (Fsp3) is 0.478. The molecule has 0 saturated heterocycles. The third-order valence-corrected chi connectivity index (χ3v) is 26.1. The van der Waals surface area contributed by atoms with Crippen LogP contribution in [0.1, 0.15) is 311 Å². The van der Waals surface area contributed by atoms with E-state index in [0.717, 1.165) is 48.6 Å². The van der Waals surface area contributed by atoms with Gasteiger partial charge in [0.15, 0.2) is 23.3 Å². The van der Waals surface area contributed by atoms with Gasteiger partial charge < -0.3 is 0 Å². The number of benzene rings is 8. The van der Waals surface area contributed by atoms with Gasteiger partial charge in [-0.25, -0.2) is 4.57 Å². The van der Waals surface area contributed by atoms with Crippen LogP contribution < -0.4 is 18.3 Å². The molecule has 0 spiro atoms. The molecule has 0 amide bonds. The molecule has 0 N–H and O–H groups in total. The molecule has 0 atom stereocenters. The van der Waals surface area contributed by atoms with Crippen LogP contribution in [0.4, 0.5) is 0 Å². The first-order valence-corrected chi connectivity index (χ1v) is 45.3. The quantitative estimate of drug-likeness (QED) is 0.121. The molecule has 2 aliphatic rings. The number of rotatable bonds is 10. The molecule has 12 aromatic rings. The Morgan fingerprint density at radius 3 is 1.00 bits per heavy atom. The summed E-state index contributed by atoms with van der Waals surface area (Å²) in [4.78, 5) is 0. The second-order valence-corrected chi connectivity index (χ2v) is 44.9. The van der Waals surface area contributed by atoms with Crippen LogP contribution in [-0.4, -0.2) is 0 Å². The highest BCUT2D eigenvalue weighted by Crippen LogP contribution is 2.44. The number of fused-ring (bicyclic) bond motifs is 4. The van der Waals surface area contributed by atoms with Crippen molar-refractivity contribution in [2.45, 2.75) is 313 Å². The second-order valence-electron chi connectivity index (χ2n) is 44.9. The van der Waals surface area contributed by atoms with E-state index in [1.54, 1.807) is 5.56 Å². The minimum absolute atomic E-state index is 0.0485. The summed E-state index contributed by atoms with van der Waals surface area (Å²) in [5, 5.41) is 10.5. The SMILES string of the molecule is Cc1cc(C(C)(C)C)cc(-c2c3ccc(CC(C)(C)C)cc3cc(C)[n+]2C)c1C.Cc1cc(C2CCCC2)cc(-c2c3ccc(CC(C)(C)C)cc3cc(C)[n+]2C)c1C.Cc1ccc(C2CCCC2)cc1-c1c2ccc(CC(C)(C)C)cc2cc(C)[n+]1C.[2H]c1cc2cc(CC(C)(C)C)ccc2c(-c2cc(C(C)(C)C)cc(C(C)(C)C)c2C)[n+]1C. The maximum atomic E-state index is 8.73. The van der Waals surface area contributed by atoms with Gasteiger partial charge in [-0.2, -0.15) is 13.7 Å². The Kier molecular flexibility index (Phi) is 26.4. The van der Waals surface area contributed by atoms with Crippen LogP contribution >= 0.6 is 0 Å². The Bertz CT molecular complexity index is 5810. The highest BCUT2D eigenvalue weighted by atomic mass is 15.0. The summed E-state index contributed by atoms with van der Waals surface area (Å²) in [5.74, 6) is 1.48. The van der Waals surface area contributed by atoms with Crippen molar-refractivity contribution in [1.82, 2.24) is 0 Å². The lowest BCUT2D eigenvalue weighted by molar-refractivity contribution is -0.665. The molecular formula is C115H154N4+4. The van der Waals surface area contributed by atoms with E-state index in [1.165, 1.54) is 223 Å². The lowest BCUT2D eigenvalue weighted by Crippen LogP contribution is -2.35. The summed E-state index contributed by atoms with van der Waals surface area (Å²) in [7, 11) is 8.67. The number of aromatic nitrogens is 4. The van der Waals surface area contributed by atoms with Crippen LogP contribution in [0.2, 0.25) is 0 Å². The molecular weight excluding hydrogens is 1440 g/mol. The average Bonchev–Trinajstić information content (AvgIpc) is 0.789. The molecule has 8 aromatic carbocycles. The minimum Gasteiger partial charge on any atom is -0.200 e. The summed E-state index contributed by atoms with van der Waals surface area (Å²) >= 11 is 0. The molecule has 0 radical (unpaired) electrons. The van der Waals surface area contributed by atoms with E-state index < -0.39 is 0 Å². The first-order chi connectivity index (χ1) is 55.6. The fourth-order valence-corrected chi connectivity index (χ4v) is 19.2. The van der Waals surface area contributed by atoms with Crippen LogP contribution in [0, 0.1) is 84.0 Å². The molecule has 0 unspecified atom stereocenters. The highest BCUT2D eigenvalue weighted by molar-refractivity contribution is 5.98. The summed E-state index contributed by atoms with van der Waals surface area (Å²) in [6.07, 6.45) is 15.8. The van der Waals surface area contributed by atoms with Gasteiger partial charge in [-0.3, -0.25) is 0 Å². The summed E-state index contributed by atoms with van der Waals surface area (Å²) in [6.45, 7) is 68.6. The van der Waals surface area contributed by atoms with Gasteiger partial charge in [0, 0.05) is 50.6 Å². The Hall–Kier alpha value is -8.60. The van der Waals surface area contributed by atoms with Crippen molar-refractivity contribution < 1.29 is 19.6 Å². The zero-order chi connectivity index (χ0) is 88.3. The van der Waals surface area contributed by atoms with E-state index in [-0.39, 0.29) is 21.7 Å². The Balaban J connectivity index is 0.000000157. The van der Waals surface area contributed by atoms with Crippen molar-refractivity contribution in [2.75, 3.05) is 0 Å². The van der Waals surface area contributed by atoms with Gasteiger partial charge in [-0.05, 0) is 296 Å². The van der Waals surface area contributed by atoms with Crippen molar-refractivity contribution in [1.29, 1.82) is 0 Å². The van der Waals surface area contributed by atoms with Crippen molar-refractivity contribution in [3.63, 3.8) is 0 Å². The molecule has 2 aliphatic carbocycles. The maximum Gasteiger partial charge on any atom is 0.220 e. The van der Waals surface area contributed by atoms with Gasteiger partial charge in [0.05, 0.1) is 38.2 Å². The standard InChI is InChI=1S/C30H42N.C29H38N.C28H36N.C28H38N/c1-20-25(17-23(29(5,6)7)18-26(20)30(8,9)10)27-24-13-12-21(19-28(2,3)4)16-22(24)14-15-31(27)11;1-19-14-24(23-10-8-9-11-23)17-27(21(19)3)28-26-13-12-22(18-29(4,5)6)16-25(26)15-20(2)30(28)7;1-19-11-13-23(22-9-7-8-10-22)17-26(19)27-25-14-12-21(18-28(3,4)5)16-24(25)15-20(2)29(27)6;1-18-13-23(28(7,8)9)16-25(20(18)3)26-24-12-11-21(17-27(4,5)6)15-22(24)14-19(2)29(26)10/h12-18H,19H2,1-11H3;12-17,23H,8-11,18H2,1-7H3;11-17,22H,7-10,18H2,1-6H3;11-16H,17H2,1-10H3/q4*+1/i15D;;;. The van der Waals surface area contributed by atoms with E-state index in [4.69, 9.17) is 1.37 Å². The number of nitrogens with zero attached hydrogens (tertiary/aromatic N) is 4. The predicted molar refractivity (Wildman–Crippen MR) is 516 cm³/mol. The van der Waals surface area contributed by atoms with E-state index in [0.29, 0.717) is 22.4 Å². The molecule has 4 heteroatoms. The number of hydrogen-bond acceptors (Lipinski definition) is 0. The minimum atomic E-state index is 0.0485. The van der Waals surface area contributed by atoms with Gasteiger partial charge in [-0.15, -0.1) is 0 Å². The first kappa shape index (κ1) is 89.7. The molecule has 4 heterocycles. The van der Waals surface area contributed by atoms with Crippen molar-refractivity contribution in [3.05, 3.63) is 258 Å². The van der Waals surface area contributed by atoms with Crippen LogP contribution in [0.3, 0.4) is 0 Å². The van der Waals surface area contributed by atoms with Crippen LogP contribution in [0.5, 0.6) is 0 Å². The molecule has 2 saturated carbocycles. The molecule has 14 rings (SSSR count). The summed E-state index contributed by atoms with van der Waals surface area (Å²) in [5.41, 5.74) is 37.0. The fourth-order valence-electron chi connectivity index (χ4n) is 19.2. The highest BCUT2D eigenvalue weighted by Gasteiger charge is 2.32. The lowest BCUT2D eigenvalue weighted by Gasteiger charge is -2.28. The molecule has 0 bridgehead atoms. The van der Waals surface area contributed by atoms with Crippen molar-refractivity contribution in [2.24, 2.45) is 49.9 Å². The van der Waals surface area contributed by atoms with E-state index in [2.05, 4.69) is 388 Å². The maximum absolute atomic E-state index is 8.73. The zero-order valence-corrected chi connectivity index (χ0v) is 80.9. The molecule has 4 aromatic heterocycles. The largest absolute Gasteiger partial charge is 0.220 e. The molecule has 0 aliphatic heterocycles. The van der Waals surface area contributed by atoms with Gasteiger partial charge in [0.1, 0.15) is 29.6 Å².